The van der Waals surface area contributed by atoms with Crippen molar-refractivity contribution in [3.8, 4) is 11.5 Å². The maximum Gasteiger partial charge on any atom is 0.153 e. The predicted octanol–water partition coefficient (Wildman–Crippen LogP) is 4.52. The zero-order chi connectivity index (χ0) is 14.1. The second-order valence-electron chi connectivity index (χ2n) is 4.56. The van der Waals surface area contributed by atoms with Crippen LogP contribution in [0.5, 0.6) is 11.5 Å². The molecule has 0 aliphatic heterocycles. The van der Waals surface area contributed by atoms with Gasteiger partial charge in [0.2, 0.25) is 0 Å². The summed E-state index contributed by atoms with van der Waals surface area (Å²) in [4.78, 5) is 4.55. The van der Waals surface area contributed by atoms with Gasteiger partial charge in [-0.15, -0.1) is 0 Å². The van der Waals surface area contributed by atoms with Crippen LogP contribution >= 0.6 is 22.6 Å². The maximum atomic E-state index is 5.99. The number of hydrogen-bond donors (Lipinski definition) is 1. The first kappa shape index (κ1) is 13.2. The number of ether oxygens (including phenoxy) is 1. The maximum absolute atomic E-state index is 5.99. The minimum Gasteiger partial charge on any atom is -0.453 e. The number of benzene rings is 2. The van der Waals surface area contributed by atoms with Crippen LogP contribution in [-0.2, 0) is 0 Å². The fraction of sp³-hybridized carbons (Fsp3) is 0.0625. The topological polar surface area (TPSA) is 48.1 Å². The van der Waals surface area contributed by atoms with Gasteiger partial charge in [-0.05, 0) is 59.8 Å². The van der Waals surface area contributed by atoms with Crippen molar-refractivity contribution < 1.29 is 4.74 Å². The molecule has 100 valence electrons. The summed E-state index contributed by atoms with van der Waals surface area (Å²) >= 11 is 2.22. The van der Waals surface area contributed by atoms with Gasteiger partial charge < -0.3 is 10.5 Å². The lowest BCUT2D eigenvalue weighted by atomic mass is 10.2. The number of anilines is 1. The first-order valence-electron chi connectivity index (χ1n) is 6.23. The fourth-order valence-corrected chi connectivity index (χ4v) is 2.55. The van der Waals surface area contributed by atoms with Crippen molar-refractivity contribution in [3.05, 3.63) is 57.8 Å². The molecule has 0 unspecified atom stereocenters. The molecule has 2 N–H and O–H groups in total. The van der Waals surface area contributed by atoms with Crippen LogP contribution in [-0.4, -0.2) is 4.98 Å². The van der Waals surface area contributed by atoms with E-state index in [0.717, 1.165) is 25.9 Å². The summed E-state index contributed by atoms with van der Waals surface area (Å²) in [5.74, 6) is 1.38. The van der Waals surface area contributed by atoms with Crippen molar-refractivity contribution in [2.24, 2.45) is 0 Å². The molecule has 0 saturated heterocycles. The van der Waals surface area contributed by atoms with E-state index in [1.807, 2.05) is 55.5 Å². The molecule has 3 rings (SSSR count). The average Bonchev–Trinajstić information content (AvgIpc) is 2.42. The van der Waals surface area contributed by atoms with Crippen molar-refractivity contribution >= 4 is 39.2 Å². The minimum atomic E-state index is 0.626. The molecule has 0 atom stereocenters. The summed E-state index contributed by atoms with van der Waals surface area (Å²) in [6, 6.07) is 15.7. The molecule has 20 heavy (non-hydrogen) atoms. The Morgan fingerprint density at radius 2 is 1.90 bits per heavy atom. The number of aryl methyl sites for hydroxylation is 1. The molecular weight excluding hydrogens is 363 g/mol. The van der Waals surface area contributed by atoms with Gasteiger partial charge in [0.15, 0.2) is 5.75 Å². The van der Waals surface area contributed by atoms with Crippen LogP contribution in [0.15, 0.2) is 48.5 Å². The van der Waals surface area contributed by atoms with Crippen molar-refractivity contribution in [2.75, 3.05) is 5.73 Å². The van der Waals surface area contributed by atoms with E-state index in [0.29, 0.717) is 11.4 Å². The summed E-state index contributed by atoms with van der Waals surface area (Å²) in [6.45, 7) is 1.97. The SMILES string of the molecule is Cc1ccc2cccc(Oc3ccc(I)cc3N)c2n1. The highest BCUT2D eigenvalue weighted by atomic mass is 127. The zero-order valence-electron chi connectivity index (χ0n) is 10.9. The minimum absolute atomic E-state index is 0.626. The van der Waals surface area contributed by atoms with E-state index in [2.05, 4.69) is 27.6 Å². The summed E-state index contributed by atoms with van der Waals surface area (Å²) in [6.07, 6.45) is 0. The van der Waals surface area contributed by atoms with E-state index >= 15 is 0 Å². The van der Waals surface area contributed by atoms with E-state index in [-0.39, 0.29) is 0 Å². The first-order valence-corrected chi connectivity index (χ1v) is 7.30. The van der Waals surface area contributed by atoms with Crippen LogP contribution in [0.2, 0.25) is 0 Å². The molecule has 1 aromatic heterocycles. The molecule has 3 nitrogen and oxygen atoms in total. The molecule has 0 aliphatic rings. The van der Waals surface area contributed by atoms with E-state index in [4.69, 9.17) is 10.5 Å². The van der Waals surface area contributed by atoms with Gasteiger partial charge in [0.25, 0.3) is 0 Å². The number of pyridine rings is 1. The standard InChI is InChI=1S/C16H13IN2O/c1-10-5-6-11-3-2-4-15(16(11)19-10)20-14-8-7-12(17)9-13(14)18/h2-9H,18H2,1H3. The lowest BCUT2D eigenvalue weighted by Gasteiger charge is -2.11. The number of rotatable bonds is 2. The van der Waals surface area contributed by atoms with Crippen LogP contribution < -0.4 is 10.5 Å². The second kappa shape index (κ2) is 5.28. The molecule has 0 saturated carbocycles. The van der Waals surface area contributed by atoms with Gasteiger partial charge in [0, 0.05) is 14.7 Å². The van der Waals surface area contributed by atoms with E-state index in [9.17, 15) is 0 Å². The highest BCUT2D eigenvalue weighted by Crippen LogP contribution is 2.32. The van der Waals surface area contributed by atoms with E-state index in [1.54, 1.807) is 0 Å². The van der Waals surface area contributed by atoms with Crippen molar-refractivity contribution in [1.82, 2.24) is 4.98 Å². The monoisotopic (exact) mass is 376 g/mol. The van der Waals surface area contributed by atoms with Gasteiger partial charge in [0.05, 0.1) is 5.69 Å². The average molecular weight is 376 g/mol. The molecule has 1 heterocycles. The van der Waals surface area contributed by atoms with Crippen LogP contribution in [0.25, 0.3) is 10.9 Å². The Labute approximate surface area is 130 Å². The molecule has 0 amide bonds. The third-order valence-electron chi connectivity index (χ3n) is 3.01. The second-order valence-corrected chi connectivity index (χ2v) is 5.81. The molecule has 4 heteroatoms. The Hall–Kier alpha value is -1.82. The van der Waals surface area contributed by atoms with Gasteiger partial charge in [0.1, 0.15) is 11.3 Å². The van der Waals surface area contributed by atoms with Gasteiger partial charge in [-0.25, -0.2) is 4.98 Å². The smallest absolute Gasteiger partial charge is 0.153 e. The van der Waals surface area contributed by atoms with Crippen LogP contribution in [0.3, 0.4) is 0 Å². The molecule has 0 spiro atoms. The summed E-state index contributed by atoms with van der Waals surface area (Å²) in [5.41, 5.74) is 8.43. The lowest BCUT2D eigenvalue weighted by Crippen LogP contribution is -1.94. The largest absolute Gasteiger partial charge is 0.453 e. The van der Waals surface area contributed by atoms with Crippen LogP contribution in [0, 0.1) is 10.5 Å². The van der Waals surface area contributed by atoms with Crippen LogP contribution in [0.4, 0.5) is 5.69 Å². The Morgan fingerprint density at radius 1 is 1.05 bits per heavy atom. The number of hydrogen-bond acceptors (Lipinski definition) is 3. The lowest BCUT2D eigenvalue weighted by molar-refractivity contribution is 0.489. The Morgan fingerprint density at radius 3 is 2.70 bits per heavy atom. The molecule has 0 bridgehead atoms. The Kier molecular flexibility index (Phi) is 3.48. The summed E-state index contributed by atoms with van der Waals surface area (Å²) < 4.78 is 7.02. The van der Waals surface area contributed by atoms with Gasteiger partial charge in [-0.3, -0.25) is 0 Å². The van der Waals surface area contributed by atoms with Gasteiger partial charge >= 0.3 is 0 Å². The number of nitrogens with two attached hydrogens (primary N) is 1. The third kappa shape index (κ3) is 2.56. The molecule has 2 aromatic carbocycles. The van der Waals surface area contributed by atoms with E-state index in [1.165, 1.54) is 0 Å². The quantitative estimate of drug-likeness (QED) is 0.529. The highest BCUT2D eigenvalue weighted by molar-refractivity contribution is 14.1. The predicted molar refractivity (Wildman–Crippen MR) is 90.1 cm³/mol. The number of aromatic nitrogens is 1. The van der Waals surface area contributed by atoms with Crippen molar-refractivity contribution in [2.45, 2.75) is 6.92 Å². The fourth-order valence-electron chi connectivity index (χ4n) is 2.03. The third-order valence-corrected chi connectivity index (χ3v) is 3.69. The molecule has 0 fully saturated rings. The van der Waals surface area contributed by atoms with E-state index < -0.39 is 0 Å². The molecule has 3 aromatic rings. The van der Waals surface area contributed by atoms with Crippen molar-refractivity contribution in [3.63, 3.8) is 0 Å². The van der Waals surface area contributed by atoms with Crippen LogP contribution in [0.1, 0.15) is 5.69 Å². The summed E-state index contributed by atoms with van der Waals surface area (Å²) in [5, 5.41) is 1.05. The molecule has 0 radical (unpaired) electrons. The van der Waals surface area contributed by atoms with Crippen molar-refractivity contribution in [1.29, 1.82) is 0 Å². The normalized spacial score (nSPS) is 10.7. The summed E-state index contributed by atoms with van der Waals surface area (Å²) in [7, 11) is 0. The van der Waals surface area contributed by atoms with Gasteiger partial charge in [-0.2, -0.15) is 0 Å². The number of halogens is 1. The molecular formula is C16H13IN2O. The first-order chi connectivity index (χ1) is 9.63. The zero-order valence-corrected chi connectivity index (χ0v) is 13.1. The highest BCUT2D eigenvalue weighted by Gasteiger charge is 2.07. The number of para-hydroxylation sites is 1. The molecule has 0 aliphatic carbocycles. The number of fused-ring (bicyclic) bond motifs is 1. The number of nitrogens with zero attached hydrogens (tertiary/aromatic N) is 1. The van der Waals surface area contributed by atoms with Gasteiger partial charge in [-0.1, -0.05) is 18.2 Å². The Bertz CT molecular complexity index is 787. The number of nitrogen functional groups attached to an aromatic ring is 1. The Balaban J connectivity index is 2.08.